The molecule has 1 aromatic rings. The van der Waals surface area contributed by atoms with Crippen LogP contribution >= 0.6 is 11.6 Å². The van der Waals surface area contributed by atoms with Gasteiger partial charge in [-0.1, -0.05) is 44.0 Å². The second kappa shape index (κ2) is 8.54. The summed E-state index contributed by atoms with van der Waals surface area (Å²) in [7, 11) is 1.27. The van der Waals surface area contributed by atoms with Gasteiger partial charge < -0.3 is 14.8 Å². The second-order valence-corrected chi connectivity index (χ2v) is 7.06. The summed E-state index contributed by atoms with van der Waals surface area (Å²) in [4.78, 5) is 36.4. The Labute approximate surface area is 158 Å². The Kier molecular flexibility index (Phi) is 6.64. The first-order chi connectivity index (χ1) is 12.3. The van der Waals surface area contributed by atoms with Crippen molar-refractivity contribution >= 4 is 29.4 Å². The standard InChI is InChI=1S/C19H24ClNO5/c1-4-12(2)16(17(23)25-3)21-15(22)11-26-18(24)19(9-10-19)13-5-7-14(20)8-6-13/h5-8,12,16H,4,9-11H2,1-3H3,(H,21,22)/t12-,16-/m0/s1. The summed E-state index contributed by atoms with van der Waals surface area (Å²) in [6.45, 7) is 3.32. The van der Waals surface area contributed by atoms with E-state index in [1.54, 1.807) is 24.3 Å². The lowest BCUT2D eigenvalue weighted by atomic mass is 9.96. The normalized spacial score (nSPS) is 16.9. The summed E-state index contributed by atoms with van der Waals surface area (Å²) < 4.78 is 9.93. The molecule has 0 aliphatic heterocycles. The number of rotatable bonds is 8. The van der Waals surface area contributed by atoms with Crippen LogP contribution in [-0.4, -0.2) is 37.6 Å². The number of esters is 2. The summed E-state index contributed by atoms with van der Waals surface area (Å²) in [6, 6.07) is 6.29. The van der Waals surface area contributed by atoms with E-state index in [9.17, 15) is 14.4 Å². The van der Waals surface area contributed by atoms with Crippen molar-refractivity contribution in [2.45, 2.75) is 44.6 Å². The average Bonchev–Trinajstić information content (AvgIpc) is 3.45. The van der Waals surface area contributed by atoms with Crippen LogP contribution in [0.1, 0.15) is 38.7 Å². The van der Waals surface area contributed by atoms with Gasteiger partial charge in [0.2, 0.25) is 0 Å². The van der Waals surface area contributed by atoms with Crippen molar-refractivity contribution in [3.8, 4) is 0 Å². The number of nitrogens with one attached hydrogen (secondary N) is 1. The highest BCUT2D eigenvalue weighted by Gasteiger charge is 2.52. The number of carbonyl (C=O) groups excluding carboxylic acids is 3. The third-order valence-corrected chi connectivity index (χ3v) is 5.11. The number of methoxy groups -OCH3 is 1. The second-order valence-electron chi connectivity index (χ2n) is 6.62. The van der Waals surface area contributed by atoms with E-state index in [0.29, 0.717) is 24.3 Å². The van der Waals surface area contributed by atoms with E-state index in [1.807, 2.05) is 13.8 Å². The van der Waals surface area contributed by atoms with Crippen LogP contribution in [0.15, 0.2) is 24.3 Å². The van der Waals surface area contributed by atoms with Crippen LogP contribution in [0.5, 0.6) is 0 Å². The molecular formula is C19H24ClNO5. The van der Waals surface area contributed by atoms with Crippen molar-refractivity contribution in [1.29, 1.82) is 0 Å². The molecule has 0 bridgehead atoms. The largest absolute Gasteiger partial charge is 0.467 e. The van der Waals surface area contributed by atoms with Gasteiger partial charge in [-0.15, -0.1) is 0 Å². The quantitative estimate of drug-likeness (QED) is 0.700. The maximum atomic E-state index is 12.5. The zero-order valence-electron chi connectivity index (χ0n) is 15.2. The van der Waals surface area contributed by atoms with Crippen molar-refractivity contribution in [3.05, 3.63) is 34.9 Å². The summed E-state index contributed by atoms with van der Waals surface area (Å²) in [5, 5.41) is 3.18. The van der Waals surface area contributed by atoms with Crippen molar-refractivity contribution in [3.63, 3.8) is 0 Å². The lowest BCUT2D eigenvalue weighted by Gasteiger charge is -2.22. The lowest BCUT2D eigenvalue weighted by Crippen LogP contribution is -2.47. The van der Waals surface area contributed by atoms with Gasteiger partial charge in [-0.3, -0.25) is 9.59 Å². The van der Waals surface area contributed by atoms with E-state index in [0.717, 1.165) is 5.56 Å². The number of carbonyl (C=O) groups is 3. The fourth-order valence-corrected chi connectivity index (χ4v) is 2.91. The Morgan fingerprint density at radius 1 is 1.23 bits per heavy atom. The van der Waals surface area contributed by atoms with E-state index < -0.39 is 35.9 Å². The predicted octanol–water partition coefficient (Wildman–Crippen LogP) is 2.62. The zero-order chi connectivity index (χ0) is 19.3. The molecule has 1 saturated carbocycles. The van der Waals surface area contributed by atoms with Gasteiger partial charge in [0, 0.05) is 5.02 Å². The maximum Gasteiger partial charge on any atom is 0.328 e. The molecule has 1 N–H and O–H groups in total. The summed E-state index contributed by atoms with van der Waals surface area (Å²) in [6.07, 6.45) is 2.04. The molecule has 2 rings (SSSR count). The molecular weight excluding hydrogens is 358 g/mol. The highest BCUT2D eigenvalue weighted by molar-refractivity contribution is 6.30. The van der Waals surface area contributed by atoms with Crippen molar-refractivity contribution < 1.29 is 23.9 Å². The molecule has 1 amide bonds. The Bertz CT molecular complexity index is 669. The molecule has 1 aliphatic carbocycles. The lowest BCUT2D eigenvalue weighted by molar-refractivity contribution is -0.152. The summed E-state index contributed by atoms with van der Waals surface area (Å²) in [5.74, 6) is -1.57. The molecule has 0 spiro atoms. The Balaban J connectivity index is 1.93. The van der Waals surface area contributed by atoms with E-state index in [2.05, 4.69) is 5.32 Å². The molecule has 1 aliphatic rings. The van der Waals surface area contributed by atoms with Crippen molar-refractivity contribution in [2.75, 3.05) is 13.7 Å². The first-order valence-corrected chi connectivity index (χ1v) is 9.02. The van der Waals surface area contributed by atoms with Crippen LogP contribution in [0.3, 0.4) is 0 Å². The number of hydrogen-bond acceptors (Lipinski definition) is 5. The van der Waals surface area contributed by atoms with Gasteiger partial charge in [-0.05, 0) is 36.5 Å². The molecule has 1 aromatic carbocycles. The number of hydrogen-bond donors (Lipinski definition) is 1. The Morgan fingerprint density at radius 2 is 1.85 bits per heavy atom. The van der Waals surface area contributed by atoms with Gasteiger partial charge in [0.1, 0.15) is 6.04 Å². The van der Waals surface area contributed by atoms with Gasteiger partial charge >= 0.3 is 11.9 Å². The third-order valence-electron chi connectivity index (χ3n) is 4.86. The van der Waals surface area contributed by atoms with Crippen LogP contribution in [0.4, 0.5) is 0 Å². The summed E-state index contributed by atoms with van der Waals surface area (Å²) >= 11 is 5.88. The van der Waals surface area contributed by atoms with Gasteiger partial charge in [-0.2, -0.15) is 0 Å². The smallest absolute Gasteiger partial charge is 0.328 e. The Hall–Kier alpha value is -2.08. The molecule has 0 unspecified atom stereocenters. The van der Waals surface area contributed by atoms with E-state index in [-0.39, 0.29) is 5.92 Å². The molecule has 0 radical (unpaired) electrons. The van der Waals surface area contributed by atoms with Gasteiger partial charge in [0.15, 0.2) is 6.61 Å². The molecule has 1 fully saturated rings. The molecule has 26 heavy (non-hydrogen) atoms. The van der Waals surface area contributed by atoms with Crippen LogP contribution in [0.25, 0.3) is 0 Å². The number of benzene rings is 1. The van der Waals surface area contributed by atoms with E-state index >= 15 is 0 Å². The predicted molar refractivity (Wildman–Crippen MR) is 96.7 cm³/mol. The van der Waals surface area contributed by atoms with Gasteiger partial charge in [-0.25, -0.2) is 4.79 Å². The van der Waals surface area contributed by atoms with E-state index in [4.69, 9.17) is 21.1 Å². The zero-order valence-corrected chi connectivity index (χ0v) is 16.0. The molecule has 2 atom stereocenters. The van der Waals surface area contributed by atoms with Crippen LogP contribution < -0.4 is 5.32 Å². The number of ether oxygens (including phenoxy) is 2. The molecule has 7 heteroatoms. The molecule has 0 saturated heterocycles. The topological polar surface area (TPSA) is 81.7 Å². The highest BCUT2D eigenvalue weighted by Crippen LogP contribution is 2.49. The fourth-order valence-electron chi connectivity index (χ4n) is 2.79. The fraction of sp³-hybridized carbons (Fsp3) is 0.526. The monoisotopic (exact) mass is 381 g/mol. The Morgan fingerprint density at radius 3 is 2.35 bits per heavy atom. The molecule has 0 heterocycles. The first-order valence-electron chi connectivity index (χ1n) is 8.64. The van der Waals surface area contributed by atoms with Gasteiger partial charge in [0.25, 0.3) is 5.91 Å². The van der Waals surface area contributed by atoms with Crippen molar-refractivity contribution in [1.82, 2.24) is 5.32 Å². The third kappa shape index (κ3) is 4.55. The van der Waals surface area contributed by atoms with Crippen LogP contribution in [-0.2, 0) is 29.3 Å². The minimum atomic E-state index is -0.762. The molecule has 142 valence electrons. The maximum absolute atomic E-state index is 12.5. The summed E-state index contributed by atoms with van der Waals surface area (Å²) in [5.41, 5.74) is 0.142. The molecule has 6 nitrogen and oxygen atoms in total. The minimum absolute atomic E-state index is 0.0917. The molecule has 0 aromatic heterocycles. The number of amides is 1. The minimum Gasteiger partial charge on any atom is -0.467 e. The average molecular weight is 382 g/mol. The van der Waals surface area contributed by atoms with Crippen molar-refractivity contribution in [2.24, 2.45) is 5.92 Å². The van der Waals surface area contributed by atoms with E-state index in [1.165, 1.54) is 7.11 Å². The highest BCUT2D eigenvalue weighted by atomic mass is 35.5. The van der Waals surface area contributed by atoms with Crippen LogP contribution in [0, 0.1) is 5.92 Å². The SMILES string of the molecule is CC[C@H](C)[C@H](NC(=O)COC(=O)C1(c2ccc(Cl)cc2)CC1)C(=O)OC. The van der Waals surface area contributed by atoms with Crippen LogP contribution in [0.2, 0.25) is 5.02 Å². The number of halogens is 1. The first kappa shape index (κ1) is 20.2. The van der Waals surface area contributed by atoms with Gasteiger partial charge in [0.05, 0.1) is 12.5 Å².